The summed E-state index contributed by atoms with van der Waals surface area (Å²) >= 11 is 0. The zero-order valence-corrected chi connectivity index (χ0v) is 13.9. The lowest BCUT2D eigenvalue weighted by molar-refractivity contribution is -0.0103. The summed E-state index contributed by atoms with van der Waals surface area (Å²) in [5.74, 6) is 5.58. The normalized spacial score (nSPS) is 50.6. The Morgan fingerprint density at radius 3 is 2.52 bits per heavy atom. The van der Waals surface area contributed by atoms with Crippen LogP contribution in [0.5, 0.6) is 0 Å². The van der Waals surface area contributed by atoms with Gasteiger partial charge in [-0.15, -0.1) is 0 Å². The minimum absolute atomic E-state index is 0.160. The van der Waals surface area contributed by atoms with E-state index in [9.17, 15) is 0 Å². The molecule has 5 saturated carbocycles. The van der Waals surface area contributed by atoms with Crippen LogP contribution in [0.2, 0.25) is 0 Å². The molecule has 1 aromatic rings. The Hall–Kier alpha value is -0.900. The highest BCUT2D eigenvalue weighted by Gasteiger charge is 2.56. The number of rotatable bonds is 2. The molecule has 124 valence electrons. The lowest BCUT2D eigenvalue weighted by Crippen LogP contribution is -2.49. The highest BCUT2D eigenvalue weighted by Crippen LogP contribution is 2.60. The van der Waals surface area contributed by atoms with Crippen molar-refractivity contribution in [2.75, 3.05) is 13.1 Å². The summed E-state index contributed by atoms with van der Waals surface area (Å²) in [6, 6.07) is 0. The lowest BCUT2D eigenvalue weighted by atomic mass is 9.49. The van der Waals surface area contributed by atoms with Crippen molar-refractivity contribution in [3.05, 3.63) is 11.7 Å². The SMILES string of the molecule is C1C[C@@H]2CNC[C@]2(c2nc(C34CC5CC(CC(C5)C3)C4)no2)C1. The maximum Gasteiger partial charge on any atom is 0.234 e. The molecule has 4 nitrogen and oxygen atoms in total. The minimum atomic E-state index is 0.160. The molecule has 1 aliphatic heterocycles. The number of fused-ring (bicyclic) bond motifs is 1. The van der Waals surface area contributed by atoms with E-state index in [1.54, 1.807) is 0 Å². The van der Waals surface area contributed by atoms with Crippen LogP contribution in [0.3, 0.4) is 0 Å². The minimum Gasteiger partial charge on any atom is -0.339 e. The maximum absolute atomic E-state index is 5.94. The van der Waals surface area contributed by atoms with Crippen molar-refractivity contribution in [3.63, 3.8) is 0 Å². The van der Waals surface area contributed by atoms with Crippen LogP contribution in [0.1, 0.15) is 69.5 Å². The standard InChI is InChI=1S/C19H27N3O/c1-2-15-10-20-11-19(15,3-1)17-21-16(22-23-17)18-7-12-4-13(8-18)6-14(5-12)9-18/h12-15,20H,1-11H2/t12?,13?,14?,15-,18?,19-/m1/s1. The molecule has 0 aromatic carbocycles. The molecule has 4 heteroatoms. The molecule has 6 fully saturated rings. The zero-order chi connectivity index (χ0) is 15.1. The van der Waals surface area contributed by atoms with Crippen molar-refractivity contribution in [2.45, 2.75) is 68.6 Å². The van der Waals surface area contributed by atoms with Gasteiger partial charge in [0.15, 0.2) is 5.82 Å². The van der Waals surface area contributed by atoms with E-state index in [4.69, 9.17) is 9.51 Å². The van der Waals surface area contributed by atoms with Crippen LogP contribution < -0.4 is 5.32 Å². The summed E-state index contributed by atoms with van der Waals surface area (Å²) < 4.78 is 5.94. The molecule has 1 aromatic heterocycles. The van der Waals surface area contributed by atoms with Gasteiger partial charge in [0.05, 0.1) is 5.41 Å². The van der Waals surface area contributed by atoms with E-state index in [-0.39, 0.29) is 10.8 Å². The van der Waals surface area contributed by atoms with Crippen LogP contribution in [0, 0.1) is 23.7 Å². The van der Waals surface area contributed by atoms with E-state index in [0.717, 1.165) is 42.6 Å². The number of nitrogens with one attached hydrogen (secondary N) is 1. The van der Waals surface area contributed by atoms with E-state index in [0.29, 0.717) is 5.92 Å². The first-order chi connectivity index (χ1) is 11.3. The summed E-state index contributed by atoms with van der Waals surface area (Å²) in [5, 5.41) is 8.17. The van der Waals surface area contributed by atoms with Gasteiger partial charge in [-0.2, -0.15) is 4.98 Å². The third-order valence-corrected chi connectivity index (χ3v) is 8.15. The van der Waals surface area contributed by atoms with Gasteiger partial charge < -0.3 is 9.84 Å². The predicted octanol–water partition coefficient (Wildman–Crippen LogP) is 3.18. The van der Waals surface area contributed by atoms with Gasteiger partial charge in [-0.3, -0.25) is 0 Å². The van der Waals surface area contributed by atoms with E-state index < -0.39 is 0 Å². The van der Waals surface area contributed by atoms with Crippen LogP contribution in [0.4, 0.5) is 0 Å². The van der Waals surface area contributed by atoms with Crippen LogP contribution in [0.15, 0.2) is 4.52 Å². The molecule has 6 aliphatic rings. The fraction of sp³-hybridized carbons (Fsp3) is 0.895. The van der Waals surface area contributed by atoms with E-state index in [1.165, 1.54) is 57.8 Å². The third-order valence-electron chi connectivity index (χ3n) is 8.15. The number of aromatic nitrogens is 2. The van der Waals surface area contributed by atoms with Crippen LogP contribution in [-0.4, -0.2) is 23.2 Å². The van der Waals surface area contributed by atoms with Gasteiger partial charge in [-0.1, -0.05) is 11.6 Å². The quantitative estimate of drug-likeness (QED) is 0.911. The fourth-order valence-electron chi connectivity index (χ4n) is 7.53. The summed E-state index contributed by atoms with van der Waals surface area (Å²) in [4.78, 5) is 5.10. The van der Waals surface area contributed by atoms with E-state index >= 15 is 0 Å². The Morgan fingerprint density at radius 1 is 1.04 bits per heavy atom. The molecule has 0 radical (unpaired) electrons. The molecule has 0 amide bonds. The second kappa shape index (κ2) is 4.38. The van der Waals surface area contributed by atoms with Crippen LogP contribution in [-0.2, 0) is 10.8 Å². The Kier molecular flexibility index (Phi) is 2.55. The Morgan fingerprint density at radius 2 is 1.78 bits per heavy atom. The van der Waals surface area contributed by atoms with Crippen molar-refractivity contribution in [3.8, 4) is 0 Å². The number of hydrogen-bond acceptors (Lipinski definition) is 4. The van der Waals surface area contributed by atoms with Crippen molar-refractivity contribution >= 4 is 0 Å². The monoisotopic (exact) mass is 313 g/mol. The van der Waals surface area contributed by atoms with Crippen molar-refractivity contribution in [2.24, 2.45) is 23.7 Å². The van der Waals surface area contributed by atoms with Crippen LogP contribution >= 0.6 is 0 Å². The van der Waals surface area contributed by atoms with Gasteiger partial charge >= 0.3 is 0 Å². The Labute approximate surface area is 137 Å². The number of nitrogens with zero attached hydrogens (tertiary/aromatic N) is 2. The first-order valence-corrected chi connectivity index (χ1v) is 9.81. The van der Waals surface area contributed by atoms with E-state index in [1.807, 2.05) is 0 Å². The first-order valence-electron chi connectivity index (χ1n) is 9.81. The van der Waals surface area contributed by atoms with Gasteiger partial charge in [0.25, 0.3) is 0 Å². The topological polar surface area (TPSA) is 51.0 Å². The van der Waals surface area contributed by atoms with Gasteiger partial charge in [0.2, 0.25) is 5.89 Å². The summed E-state index contributed by atoms with van der Waals surface area (Å²) in [5.41, 5.74) is 0.431. The Bertz CT molecular complexity index is 591. The van der Waals surface area contributed by atoms with Crippen LogP contribution in [0.25, 0.3) is 0 Å². The molecule has 2 atom stereocenters. The molecule has 1 saturated heterocycles. The molecule has 5 aliphatic carbocycles. The van der Waals surface area contributed by atoms with Gasteiger partial charge in [0.1, 0.15) is 0 Å². The molecule has 4 bridgehead atoms. The molecule has 2 heterocycles. The first kappa shape index (κ1) is 13.4. The highest BCUT2D eigenvalue weighted by molar-refractivity contribution is 5.21. The molecule has 0 unspecified atom stereocenters. The zero-order valence-electron chi connectivity index (χ0n) is 13.9. The van der Waals surface area contributed by atoms with Crippen molar-refractivity contribution in [1.82, 2.24) is 15.5 Å². The van der Waals surface area contributed by atoms with Crippen molar-refractivity contribution in [1.29, 1.82) is 0 Å². The van der Waals surface area contributed by atoms with Gasteiger partial charge in [-0.25, -0.2) is 0 Å². The molecular weight excluding hydrogens is 286 g/mol. The second-order valence-corrected chi connectivity index (χ2v) is 9.50. The molecule has 1 N–H and O–H groups in total. The number of hydrogen-bond donors (Lipinski definition) is 1. The average Bonchev–Trinajstić information content (AvgIpc) is 3.21. The summed E-state index contributed by atoms with van der Waals surface area (Å²) in [6.07, 6.45) is 12.3. The second-order valence-electron chi connectivity index (χ2n) is 9.50. The summed E-state index contributed by atoms with van der Waals surface area (Å²) in [6.45, 7) is 2.18. The van der Waals surface area contributed by atoms with Crippen molar-refractivity contribution < 1.29 is 4.52 Å². The third kappa shape index (κ3) is 1.71. The highest BCUT2D eigenvalue weighted by atomic mass is 16.5. The largest absolute Gasteiger partial charge is 0.339 e. The molecule has 0 spiro atoms. The molecule has 7 rings (SSSR count). The van der Waals surface area contributed by atoms with E-state index in [2.05, 4.69) is 10.5 Å². The maximum atomic E-state index is 5.94. The average molecular weight is 313 g/mol. The lowest BCUT2D eigenvalue weighted by Gasteiger charge is -2.55. The Balaban J connectivity index is 1.38. The molecule has 23 heavy (non-hydrogen) atoms. The molecular formula is C19H27N3O. The fourth-order valence-corrected chi connectivity index (χ4v) is 7.53. The van der Waals surface area contributed by atoms with Gasteiger partial charge in [0, 0.05) is 12.0 Å². The summed E-state index contributed by atoms with van der Waals surface area (Å²) in [7, 11) is 0. The smallest absolute Gasteiger partial charge is 0.234 e. The van der Waals surface area contributed by atoms with Gasteiger partial charge in [-0.05, 0) is 81.6 Å². The predicted molar refractivity (Wildman–Crippen MR) is 86.0 cm³/mol.